The molecule has 2 saturated heterocycles. The van der Waals surface area contributed by atoms with Crippen molar-refractivity contribution < 1.29 is 19.4 Å². The molecule has 8 nitrogen and oxygen atoms in total. The van der Waals surface area contributed by atoms with Gasteiger partial charge in [0.25, 0.3) is 11.7 Å². The molecule has 2 aromatic carbocycles. The highest BCUT2D eigenvalue weighted by molar-refractivity contribution is 6.51. The summed E-state index contributed by atoms with van der Waals surface area (Å²) in [6, 6.07) is 17.3. The summed E-state index contributed by atoms with van der Waals surface area (Å²) < 4.78 is 5.64. The molecule has 0 aliphatic carbocycles. The zero-order chi connectivity index (χ0) is 26.6. The number of rotatable bonds is 7. The Morgan fingerprint density at radius 3 is 2.18 bits per heavy atom. The molecule has 2 aliphatic rings. The Bertz CT molecular complexity index is 1310. The minimum atomic E-state index is -0.788. The van der Waals surface area contributed by atoms with Crippen LogP contribution >= 0.6 is 0 Å². The van der Waals surface area contributed by atoms with Gasteiger partial charge in [0.2, 0.25) is 0 Å². The van der Waals surface area contributed by atoms with Crippen LogP contribution in [0.5, 0.6) is 5.75 Å². The van der Waals surface area contributed by atoms with Crippen molar-refractivity contribution in [2.45, 2.75) is 19.4 Å². The predicted octanol–water partition coefficient (Wildman–Crippen LogP) is 4.25. The Morgan fingerprint density at radius 2 is 1.55 bits per heavy atom. The highest BCUT2D eigenvalue weighted by Crippen LogP contribution is 2.42. The van der Waals surface area contributed by atoms with E-state index in [9.17, 15) is 14.7 Å². The fraction of sp³-hybridized carbons (Fsp3) is 0.300. The van der Waals surface area contributed by atoms with Gasteiger partial charge in [-0.3, -0.25) is 19.5 Å². The lowest BCUT2D eigenvalue weighted by atomic mass is 9.95. The molecule has 196 valence electrons. The maximum atomic E-state index is 13.4. The number of aliphatic hydroxyl groups is 1. The molecule has 3 heterocycles. The van der Waals surface area contributed by atoms with Crippen molar-refractivity contribution in [3.63, 3.8) is 0 Å². The third kappa shape index (κ3) is 4.99. The van der Waals surface area contributed by atoms with E-state index >= 15 is 0 Å². The third-order valence-electron chi connectivity index (χ3n) is 7.06. The van der Waals surface area contributed by atoms with Gasteiger partial charge in [0.15, 0.2) is 0 Å². The molecule has 38 heavy (non-hydrogen) atoms. The zero-order valence-electron chi connectivity index (χ0n) is 21.7. The zero-order valence-corrected chi connectivity index (χ0v) is 21.7. The van der Waals surface area contributed by atoms with Gasteiger partial charge in [-0.15, -0.1) is 0 Å². The van der Waals surface area contributed by atoms with Crippen LogP contribution in [0.1, 0.15) is 30.5 Å². The number of pyridine rings is 1. The Balaban J connectivity index is 1.52. The van der Waals surface area contributed by atoms with Crippen LogP contribution in [0.15, 0.2) is 78.6 Å². The molecule has 0 bridgehead atoms. The number of hydrogen-bond donors (Lipinski definition) is 1. The standard InChI is InChI=1S/C30H32N4O4/c1-3-20-38-25-10-4-22(5-11-25)28(35)26-27(21-12-14-31-15-13-21)34(30(37)29(26)36)24-8-6-23(7-9-24)33-18-16-32(2)17-19-33/h4-15,27,35H,3,16-20H2,1-2H3/b28-26+. The summed E-state index contributed by atoms with van der Waals surface area (Å²) >= 11 is 0. The van der Waals surface area contributed by atoms with Crippen molar-refractivity contribution in [2.24, 2.45) is 0 Å². The number of likely N-dealkylation sites (N-methyl/N-ethyl adjacent to an activating group) is 1. The van der Waals surface area contributed by atoms with E-state index in [1.54, 1.807) is 48.8 Å². The van der Waals surface area contributed by atoms with E-state index in [0.717, 1.165) is 38.3 Å². The average Bonchev–Trinajstić information content (AvgIpc) is 3.22. The van der Waals surface area contributed by atoms with E-state index in [0.29, 0.717) is 29.2 Å². The van der Waals surface area contributed by atoms with Crippen LogP contribution < -0.4 is 14.5 Å². The molecule has 1 unspecified atom stereocenters. The van der Waals surface area contributed by atoms with Crippen LogP contribution in [-0.2, 0) is 9.59 Å². The number of hydrogen-bond acceptors (Lipinski definition) is 7. The molecule has 2 aliphatic heterocycles. The minimum Gasteiger partial charge on any atom is -0.507 e. The van der Waals surface area contributed by atoms with Gasteiger partial charge < -0.3 is 19.6 Å². The predicted molar refractivity (Wildman–Crippen MR) is 147 cm³/mol. The first-order valence-electron chi connectivity index (χ1n) is 13.0. The third-order valence-corrected chi connectivity index (χ3v) is 7.06. The Labute approximate surface area is 222 Å². The van der Waals surface area contributed by atoms with E-state index in [2.05, 4.69) is 21.8 Å². The van der Waals surface area contributed by atoms with Gasteiger partial charge in [-0.2, -0.15) is 0 Å². The van der Waals surface area contributed by atoms with Gasteiger partial charge in [0.05, 0.1) is 18.2 Å². The number of Topliss-reactive ketones (excluding diaryl/α,β-unsaturated/α-hetero) is 1. The van der Waals surface area contributed by atoms with Gasteiger partial charge >= 0.3 is 0 Å². The van der Waals surface area contributed by atoms with Gasteiger partial charge in [-0.1, -0.05) is 6.92 Å². The van der Waals surface area contributed by atoms with Crippen molar-refractivity contribution in [3.8, 4) is 5.75 Å². The first-order valence-corrected chi connectivity index (χ1v) is 13.0. The highest BCUT2D eigenvalue weighted by atomic mass is 16.5. The lowest BCUT2D eigenvalue weighted by Crippen LogP contribution is -2.44. The molecule has 3 aromatic rings. The number of ether oxygens (including phenoxy) is 1. The second-order valence-electron chi connectivity index (χ2n) is 9.63. The van der Waals surface area contributed by atoms with Crippen LogP contribution in [0.4, 0.5) is 11.4 Å². The number of nitrogens with zero attached hydrogens (tertiary/aromatic N) is 4. The number of aromatic nitrogens is 1. The highest BCUT2D eigenvalue weighted by Gasteiger charge is 2.47. The summed E-state index contributed by atoms with van der Waals surface area (Å²) in [6.07, 6.45) is 4.12. The number of anilines is 2. The van der Waals surface area contributed by atoms with E-state index in [-0.39, 0.29) is 11.3 Å². The van der Waals surface area contributed by atoms with Crippen molar-refractivity contribution in [3.05, 3.63) is 89.8 Å². The topological polar surface area (TPSA) is 86.2 Å². The maximum Gasteiger partial charge on any atom is 0.300 e. The quantitative estimate of drug-likeness (QED) is 0.288. The molecule has 0 radical (unpaired) electrons. The van der Waals surface area contributed by atoms with Crippen molar-refractivity contribution in [2.75, 3.05) is 49.6 Å². The smallest absolute Gasteiger partial charge is 0.300 e. The summed E-state index contributed by atoms with van der Waals surface area (Å²) in [7, 11) is 2.12. The molecule has 5 rings (SSSR count). The van der Waals surface area contributed by atoms with Crippen molar-refractivity contribution in [1.82, 2.24) is 9.88 Å². The summed E-state index contributed by atoms with van der Waals surface area (Å²) in [4.78, 5) is 37.0. The van der Waals surface area contributed by atoms with E-state index in [1.165, 1.54) is 4.90 Å². The summed E-state index contributed by atoms with van der Waals surface area (Å²) in [5.74, 6) is -0.943. The minimum absolute atomic E-state index is 0.0478. The lowest BCUT2D eigenvalue weighted by Gasteiger charge is -2.34. The molecule has 8 heteroatoms. The second-order valence-corrected chi connectivity index (χ2v) is 9.63. The fourth-order valence-electron chi connectivity index (χ4n) is 4.93. The number of aliphatic hydroxyl groups excluding tert-OH is 1. The largest absolute Gasteiger partial charge is 0.507 e. The molecule has 1 N–H and O–H groups in total. The fourth-order valence-corrected chi connectivity index (χ4v) is 4.93. The van der Waals surface area contributed by atoms with E-state index < -0.39 is 17.7 Å². The van der Waals surface area contributed by atoms with Crippen molar-refractivity contribution in [1.29, 1.82) is 0 Å². The number of carbonyl (C=O) groups excluding carboxylic acids is 2. The SMILES string of the molecule is CCCOc1ccc(/C(O)=C2\C(=O)C(=O)N(c3ccc(N4CCN(C)CC4)cc3)C2c2ccncc2)cc1. The maximum absolute atomic E-state index is 13.4. The van der Waals surface area contributed by atoms with E-state index in [4.69, 9.17) is 4.74 Å². The normalized spacial score (nSPS) is 19.7. The summed E-state index contributed by atoms with van der Waals surface area (Å²) in [6.45, 7) is 6.46. The molecule has 2 fully saturated rings. The monoisotopic (exact) mass is 512 g/mol. The Morgan fingerprint density at radius 1 is 0.921 bits per heavy atom. The lowest BCUT2D eigenvalue weighted by molar-refractivity contribution is -0.132. The average molecular weight is 513 g/mol. The Hall–Kier alpha value is -4.17. The molecule has 1 amide bonds. The molecule has 0 saturated carbocycles. The first-order chi connectivity index (χ1) is 18.5. The van der Waals surface area contributed by atoms with Crippen LogP contribution in [0.25, 0.3) is 5.76 Å². The second kappa shape index (κ2) is 11.1. The summed E-state index contributed by atoms with van der Waals surface area (Å²) in [5, 5.41) is 11.3. The number of carbonyl (C=O) groups is 2. The molecule has 1 aromatic heterocycles. The van der Waals surface area contributed by atoms with Crippen LogP contribution in [-0.4, -0.2) is 66.5 Å². The van der Waals surface area contributed by atoms with Crippen LogP contribution in [0.3, 0.4) is 0 Å². The first kappa shape index (κ1) is 25.5. The Kier molecular flexibility index (Phi) is 7.42. The number of amides is 1. The van der Waals surface area contributed by atoms with Crippen LogP contribution in [0.2, 0.25) is 0 Å². The number of benzene rings is 2. The van der Waals surface area contributed by atoms with Gasteiger partial charge in [-0.05, 0) is 79.7 Å². The molecule has 0 spiro atoms. The number of ketones is 1. The summed E-state index contributed by atoms with van der Waals surface area (Å²) in [5.41, 5.74) is 2.84. The molecule has 1 atom stereocenters. The molecular formula is C30H32N4O4. The van der Waals surface area contributed by atoms with Gasteiger partial charge in [0.1, 0.15) is 11.5 Å². The van der Waals surface area contributed by atoms with Crippen molar-refractivity contribution >= 4 is 28.8 Å². The molecular weight excluding hydrogens is 480 g/mol. The van der Waals surface area contributed by atoms with Crippen LogP contribution in [0, 0.1) is 0 Å². The number of piperazine rings is 1. The van der Waals surface area contributed by atoms with Gasteiger partial charge in [-0.25, -0.2) is 0 Å². The van der Waals surface area contributed by atoms with E-state index in [1.807, 2.05) is 31.2 Å². The van der Waals surface area contributed by atoms with Gasteiger partial charge in [0, 0.05) is 55.5 Å².